The van der Waals surface area contributed by atoms with Gasteiger partial charge in [-0.15, -0.1) is 0 Å². The molecule has 0 saturated carbocycles. The number of halogens is 2. The zero-order valence-corrected chi connectivity index (χ0v) is 19.3. The Kier molecular flexibility index (Phi) is 7.01. The lowest BCUT2D eigenvalue weighted by atomic mass is 9.85. The fourth-order valence-electron chi connectivity index (χ4n) is 4.22. The maximum absolute atomic E-state index is 13.0. The normalized spacial score (nSPS) is 20.3. The van der Waals surface area contributed by atoms with E-state index < -0.39 is 12.1 Å². The molecule has 1 aliphatic heterocycles. The molecule has 2 atom stereocenters. The molecule has 2 aromatic carbocycles. The van der Waals surface area contributed by atoms with E-state index in [-0.39, 0.29) is 11.9 Å². The van der Waals surface area contributed by atoms with Gasteiger partial charge in [-0.05, 0) is 67.1 Å². The van der Waals surface area contributed by atoms with Crippen LogP contribution in [0.4, 0.5) is 5.69 Å². The third-order valence-corrected chi connectivity index (χ3v) is 6.57. The Bertz CT molecular complexity index is 1050. The number of benzene rings is 2. The summed E-state index contributed by atoms with van der Waals surface area (Å²) in [6.45, 7) is 3.42. The van der Waals surface area contributed by atoms with E-state index in [0.717, 1.165) is 36.3 Å². The van der Waals surface area contributed by atoms with Crippen molar-refractivity contribution >= 4 is 47.1 Å². The molecule has 8 heteroatoms. The van der Waals surface area contributed by atoms with Gasteiger partial charge in [0.2, 0.25) is 0 Å². The van der Waals surface area contributed by atoms with E-state index in [1.165, 1.54) is 25.8 Å². The van der Waals surface area contributed by atoms with Gasteiger partial charge in [0.05, 0.1) is 28.1 Å². The van der Waals surface area contributed by atoms with Gasteiger partial charge in [0, 0.05) is 25.6 Å². The van der Waals surface area contributed by atoms with Crippen molar-refractivity contribution in [2.24, 2.45) is 4.99 Å². The summed E-state index contributed by atoms with van der Waals surface area (Å²) in [4.78, 5) is 31.6. The number of esters is 1. The Balaban J connectivity index is 1.62. The lowest BCUT2D eigenvalue weighted by Crippen LogP contribution is -2.41. The molecule has 1 aliphatic carbocycles. The van der Waals surface area contributed by atoms with Crippen molar-refractivity contribution in [3.63, 3.8) is 0 Å². The first-order chi connectivity index (χ1) is 15.4. The van der Waals surface area contributed by atoms with Crippen LogP contribution >= 0.6 is 23.2 Å². The van der Waals surface area contributed by atoms with Crippen LogP contribution in [-0.4, -0.2) is 42.3 Å². The summed E-state index contributed by atoms with van der Waals surface area (Å²) in [7, 11) is 0. The quantitative estimate of drug-likeness (QED) is 0.372. The molecule has 1 saturated heterocycles. The fraction of sp³-hybridized carbons (Fsp3) is 0.375. The number of aryl methyl sites for hydroxylation is 1. The van der Waals surface area contributed by atoms with Crippen LogP contribution in [0.15, 0.2) is 41.4 Å². The summed E-state index contributed by atoms with van der Waals surface area (Å²) in [6.07, 6.45) is 5.15. The molecule has 0 aromatic heterocycles. The predicted octanol–water partition coefficient (Wildman–Crippen LogP) is 5.10. The van der Waals surface area contributed by atoms with Crippen LogP contribution in [0, 0.1) is 0 Å². The van der Waals surface area contributed by atoms with Gasteiger partial charge in [-0.1, -0.05) is 29.3 Å². The minimum Gasteiger partial charge on any atom is -0.460 e. The first kappa shape index (κ1) is 22.6. The first-order valence-corrected chi connectivity index (χ1v) is 11.5. The van der Waals surface area contributed by atoms with Gasteiger partial charge in [0.15, 0.2) is 0 Å². The molecule has 6 nitrogen and oxygen atoms in total. The summed E-state index contributed by atoms with van der Waals surface area (Å²) in [5, 5.41) is 3.72. The Labute approximate surface area is 197 Å². The topological polar surface area (TPSA) is 71.0 Å². The minimum atomic E-state index is -0.494. The van der Waals surface area contributed by atoms with Gasteiger partial charge in [0.25, 0.3) is 5.91 Å². The highest BCUT2D eigenvalue weighted by Gasteiger charge is 2.33. The Morgan fingerprint density at radius 3 is 2.62 bits per heavy atom. The number of carbonyl (C=O) groups excluding carboxylic acids is 2. The molecular formula is C24H25Cl2N3O3. The SMILES string of the molecule is CC(=O)O[C@@H]1CCc2ccc(N=CN3CCCC3)cc2[C@H]1NC(=O)c1ccc(Cl)c(Cl)c1. The predicted molar refractivity (Wildman–Crippen MR) is 126 cm³/mol. The minimum absolute atomic E-state index is 0.304. The zero-order valence-electron chi connectivity index (χ0n) is 17.8. The third-order valence-electron chi connectivity index (χ3n) is 5.83. The van der Waals surface area contributed by atoms with E-state index in [1.54, 1.807) is 12.1 Å². The maximum atomic E-state index is 13.0. The molecule has 4 rings (SSSR count). The molecule has 168 valence electrons. The van der Waals surface area contributed by atoms with E-state index in [9.17, 15) is 9.59 Å². The maximum Gasteiger partial charge on any atom is 0.302 e. The second kappa shape index (κ2) is 9.92. The van der Waals surface area contributed by atoms with Gasteiger partial charge < -0.3 is 15.0 Å². The van der Waals surface area contributed by atoms with Crippen LogP contribution in [0.1, 0.15) is 53.7 Å². The van der Waals surface area contributed by atoms with Gasteiger partial charge in [0.1, 0.15) is 6.10 Å². The number of likely N-dealkylation sites (tertiary alicyclic amines) is 1. The zero-order chi connectivity index (χ0) is 22.7. The number of hydrogen-bond donors (Lipinski definition) is 1. The number of hydrogen-bond acceptors (Lipinski definition) is 4. The van der Waals surface area contributed by atoms with Crippen molar-refractivity contribution in [2.45, 2.75) is 44.8 Å². The van der Waals surface area contributed by atoms with Crippen molar-refractivity contribution in [1.29, 1.82) is 0 Å². The first-order valence-electron chi connectivity index (χ1n) is 10.7. The summed E-state index contributed by atoms with van der Waals surface area (Å²) < 4.78 is 5.57. The molecule has 0 spiro atoms. The van der Waals surface area contributed by atoms with Crippen molar-refractivity contribution in [1.82, 2.24) is 10.2 Å². The number of nitrogens with zero attached hydrogens (tertiary/aromatic N) is 2. The van der Waals surface area contributed by atoms with E-state index in [4.69, 9.17) is 27.9 Å². The van der Waals surface area contributed by atoms with Gasteiger partial charge in [-0.25, -0.2) is 4.99 Å². The van der Waals surface area contributed by atoms with Gasteiger partial charge in [-0.3, -0.25) is 9.59 Å². The summed E-state index contributed by atoms with van der Waals surface area (Å²) in [6, 6.07) is 10.2. The molecule has 2 aliphatic rings. The lowest BCUT2D eigenvalue weighted by Gasteiger charge is -2.33. The van der Waals surface area contributed by atoms with E-state index in [0.29, 0.717) is 22.0 Å². The average Bonchev–Trinajstić information content (AvgIpc) is 3.29. The van der Waals surface area contributed by atoms with Crippen molar-refractivity contribution in [2.75, 3.05) is 13.1 Å². The lowest BCUT2D eigenvalue weighted by molar-refractivity contribution is -0.148. The van der Waals surface area contributed by atoms with Crippen LogP contribution in [0.2, 0.25) is 10.0 Å². The molecule has 2 aromatic rings. The molecular weight excluding hydrogens is 449 g/mol. The van der Waals surface area contributed by atoms with Crippen molar-refractivity contribution in [3.8, 4) is 0 Å². The molecule has 0 bridgehead atoms. The Hall–Kier alpha value is -2.57. The van der Waals surface area contributed by atoms with Crippen LogP contribution < -0.4 is 5.32 Å². The number of amides is 1. The monoisotopic (exact) mass is 473 g/mol. The molecule has 0 unspecified atom stereocenters. The standard InChI is InChI=1S/C24H25Cl2N3O3/c1-15(30)32-22-9-6-16-4-7-18(27-14-29-10-2-3-11-29)13-19(16)23(22)28-24(31)17-5-8-20(25)21(26)12-17/h4-5,7-8,12-14,22-23H,2-3,6,9-11H2,1H3,(H,28,31)/t22-,23-/m1/s1. The third kappa shape index (κ3) is 5.25. The van der Waals surface area contributed by atoms with Crippen molar-refractivity contribution < 1.29 is 14.3 Å². The number of carbonyl (C=O) groups is 2. The average molecular weight is 474 g/mol. The van der Waals surface area contributed by atoms with Crippen LogP contribution in [0.5, 0.6) is 0 Å². The van der Waals surface area contributed by atoms with Gasteiger partial charge >= 0.3 is 5.97 Å². The molecule has 32 heavy (non-hydrogen) atoms. The highest BCUT2D eigenvalue weighted by molar-refractivity contribution is 6.42. The second-order valence-corrected chi connectivity index (χ2v) is 8.95. The number of fused-ring (bicyclic) bond motifs is 1. The Morgan fingerprint density at radius 1 is 1.12 bits per heavy atom. The molecule has 0 radical (unpaired) electrons. The molecule has 1 fully saturated rings. The van der Waals surface area contributed by atoms with E-state index in [1.807, 2.05) is 24.5 Å². The Morgan fingerprint density at radius 2 is 1.91 bits per heavy atom. The molecule has 1 amide bonds. The van der Waals surface area contributed by atoms with E-state index >= 15 is 0 Å². The highest BCUT2D eigenvalue weighted by atomic mass is 35.5. The van der Waals surface area contributed by atoms with Gasteiger partial charge in [-0.2, -0.15) is 0 Å². The van der Waals surface area contributed by atoms with Crippen LogP contribution in [0.25, 0.3) is 0 Å². The highest BCUT2D eigenvalue weighted by Crippen LogP contribution is 2.35. The fourth-order valence-corrected chi connectivity index (χ4v) is 4.52. The number of rotatable bonds is 5. The van der Waals surface area contributed by atoms with Crippen LogP contribution in [-0.2, 0) is 16.0 Å². The largest absolute Gasteiger partial charge is 0.460 e. The van der Waals surface area contributed by atoms with Crippen LogP contribution in [0.3, 0.4) is 0 Å². The number of aliphatic imine (C=N–C) groups is 1. The summed E-state index contributed by atoms with van der Waals surface area (Å²) >= 11 is 12.1. The number of ether oxygens (including phenoxy) is 1. The summed E-state index contributed by atoms with van der Waals surface area (Å²) in [5.41, 5.74) is 3.20. The smallest absolute Gasteiger partial charge is 0.302 e. The van der Waals surface area contributed by atoms with E-state index in [2.05, 4.69) is 15.2 Å². The second-order valence-electron chi connectivity index (χ2n) is 8.14. The number of nitrogens with one attached hydrogen (secondary N) is 1. The molecule has 1 heterocycles. The summed E-state index contributed by atoms with van der Waals surface area (Å²) in [5.74, 6) is -0.694. The molecule has 1 N–H and O–H groups in total. The van der Waals surface area contributed by atoms with Crippen molar-refractivity contribution in [3.05, 3.63) is 63.1 Å².